The Balaban J connectivity index is 2.09. The highest BCUT2D eigenvalue weighted by Crippen LogP contribution is 2.39. The fraction of sp³-hybridized carbons (Fsp3) is 1.00. The molecule has 0 aromatic heterocycles. The molecular formula is C12H25N3O2S. The molecule has 1 heterocycles. The molecule has 1 unspecified atom stereocenters. The van der Waals surface area contributed by atoms with Gasteiger partial charge in [0.15, 0.2) is 0 Å². The van der Waals surface area contributed by atoms with Crippen molar-refractivity contribution in [1.29, 1.82) is 0 Å². The van der Waals surface area contributed by atoms with Gasteiger partial charge in [-0.25, -0.2) is 0 Å². The molecule has 2 aliphatic rings. The molecule has 6 heteroatoms. The summed E-state index contributed by atoms with van der Waals surface area (Å²) in [5.41, 5.74) is 5.35. The molecule has 2 fully saturated rings. The van der Waals surface area contributed by atoms with Gasteiger partial charge in [-0.2, -0.15) is 17.4 Å². The Bertz CT molecular complexity index is 390. The SMILES string of the molecule is CC(C)(NS(=O)(=O)N1CCCCC1CN)C1CC1. The summed E-state index contributed by atoms with van der Waals surface area (Å²) in [6.45, 7) is 4.95. The van der Waals surface area contributed by atoms with Crippen molar-refractivity contribution >= 4 is 10.2 Å². The Kier molecular flexibility index (Phi) is 4.02. The van der Waals surface area contributed by atoms with Gasteiger partial charge in [-0.15, -0.1) is 0 Å². The van der Waals surface area contributed by atoms with E-state index in [0.717, 1.165) is 32.1 Å². The van der Waals surface area contributed by atoms with Gasteiger partial charge in [0.1, 0.15) is 0 Å². The standard InChI is InChI=1S/C12H25N3O2S/c1-12(2,10-6-7-10)14-18(16,17)15-8-4-3-5-11(15)9-13/h10-11,14H,3-9,13H2,1-2H3. The van der Waals surface area contributed by atoms with Crippen LogP contribution in [-0.4, -0.2) is 37.4 Å². The average molecular weight is 275 g/mol. The molecule has 0 amide bonds. The van der Waals surface area contributed by atoms with Gasteiger partial charge in [-0.1, -0.05) is 6.42 Å². The van der Waals surface area contributed by atoms with Crippen LogP contribution >= 0.6 is 0 Å². The molecule has 1 atom stereocenters. The number of hydrogen-bond donors (Lipinski definition) is 2. The number of nitrogens with two attached hydrogens (primary N) is 1. The highest BCUT2D eigenvalue weighted by Gasteiger charge is 2.42. The van der Waals surface area contributed by atoms with E-state index in [4.69, 9.17) is 5.73 Å². The van der Waals surface area contributed by atoms with E-state index in [-0.39, 0.29) is 11.6 Å². The topological polar surface area (TPSA) is 75.4 Å². The van der Waals surface area contributed by atoms with Gasteiger partial charge in [0, 0.05) is 24.7 Å². The van der Waals surface area contributed by atoms with Crippen LogP contribution in [-0.2, 0) is 10.2 Å². The molecule has 5 nitrogen and oxygen atoms in total. The predicted octanol–water partition coefficient (Wildman–Crippen LogP) is 0.823. The Labute approximate surface area is 110 Å². The van der Waals surface area contributed by atoms with Gasteiger partial charge in [-0.05, 0) is 45.4 Å². The fourth-order valence-electron chi connectivity index (χ4n) is 2.81. The highest BCUT2D eigenvalue weighted by atomic mass is 32.2. The predicted molar refractivity (Wildman–Crippen MR) is 72.3 cm³/mol. The van der Waals surface area contributed by atoms with Gasteiger partial charge in [0.05, 0.1) is 0 Å². The third-order valence-corrected chi connectivity index (χ3v) is 6.03. The number of piperidine rings is 1. The lowest BCUT2D eigenvalue weighted by molar-refractivity contribution is 0.247. The first kappa shape index (κ1) is 14.2. The molecule has 3 N–H and O–H groups in total. The van der Waals surface area contributed by atoms with Gasteiger partial charge in [0.25, 0.3) is 10.2 Å². The van der Waals surface area contributed by atoms with Crippen molar-refractivity contribution in [2.24, 2.45) is 11.7 Å². The second-order valence-electron chi connectivity index (χ2n) is 6.10. The zero-order valence-corrected chi connectivity index (χ0v) is 12.2. The zero-order chi connectivity index (χ0) is 13.4. The van der Waals surface area contributed by atoms with Crippen molar-refractivity contribution in [3.63, 3.8) is 0 Å². The van der Waals surface area contributed by atoms with E-state index in [1.165, 1.54) is 0 Å². The number of hydrogen-bond acceptors (Lipinski definition) is 3. The minimum Gasteiger partial charge on any atom is -0.329 e. The molecule has 0 aromatic carbocycles. The van der Waals surface area contributed by atoms with E-state index in [0.29, 0.717) is 19.0 Å². The van der Waals surface area contributed by atoms with Crippen LogP contribution in [0.4, 0.5) is 0 Å². The van der Waals surface area contributed by atoms with Crippen LogP contribution in [0.5, 0.6) is 0 Å². The average Bonchev–Trinajstić information content (AvgIpc) is 3.11. The van der Waals surface area contributed by atoms with Crippen LogP contribution in [0, 0.1) is 5.92 Å². The lowest BCUT2D eigenvalue weighted by Gasteiger charge is -2.37. The molecule has 0 spiro atoms. The van der Waals surface area contributed by atoms with Crippen molar-refractivity contribution in [1.82, 2.24) is 9.03 Å². The largest absolute Gasteiger partial charge is 0.329 e. The second-order valence-corrected chi connectivity index (χ2v) is 7.72. The summed E-state index contributed by atoms with van der Waals surface area (Å²) in [4.78, 5) is 0. The lowest BCUT2D eigenvalue weighted by Crippen LogP contribution is -2.56. The summed E-state index contributed by atoms with van der Waals surface area (Å²) in [5.74, 6) is 0.480. The van der Waals surface area contributed by atoms with E-state index >= 15 is 0 Å². The van der Waals surface area contributed by atoms with Crippen LogP contribution in [0.2, 0.25) is 0 Å². The molecule has 1 saturated carbocycles. The first-order valence-electron chi connectivity index (χ1n) is 6.87. The second kappa shape index (κ2) is 5.07. The van der Waals surface area contributed by atoms with E-state index in [1.807, 2.05) is 13.8 Å². The van der Waals surface area contributed by atoms with Crippen LogP contribution in [0.25, 0.3) is 0 Å². The molecule has 18 heavy (non-hydrogen) atoms. The van der Waals surface area contributed by atoms with E-state index in [9.17, 15) is 8.42 Å². The fourth-order valence-corrected chi connectivity index (χ4v) is 4.71. The Morgan fingerprint density at radius 2 is 1.94 bits per heavy atom. The third-order valence-electron chi connectivity index (χ3n) is 4.14. The molecule has 0 radical (unpaired) electrons. The zero-order valence-electron chi connectivity index (χ0n) is 11.4. The molecule has 2 rings (SSSR count). The van der Waals surface area contributed by atoms with E-state index in [1.54, 1.807) is 4.31 Å². The van der Waals surface area contributed by atoms with Gasteiger partial charge < -0.3 is 5.73 Å². The van der Waals surface area contributed by atoms with Crippen molar-refractivity contribution in [2.45, 2.75) is 57.5 Å². The highest BCUT2D eigenvalue weighted by molar-refractivity contribution is 7.87. The summed E-state index contributed by atoms with van der Waals surface area (Å²) in [6, 6.07) is -0.0359. The first-order chi connectivity index (χ1) is 8.37. The van der Waals surface area contributed by atoms with Gasteiger partial charge in [-0.3, -0.25) is 0 Å². The molecule has 0 bridgehead atoms. The van der Waals surface area contributed by atoms with Crippen LogP contribution in [0.15, 0.2) is 0 Å². The normalized spacial score (nSPS) is 27.4. The maximum Gasteiger partial charge on any atom is 0.280 e. The summed E-state index contributed by atoms with van der Waals surface area (Å²) >= 11 is 0. The maximum absolute atomic E-state index is 12.5. The smallest absolute Gasteiger partial charge is 0.280 e. The molecular weight excluding hydrogens is 250 g/mol. The summed E-state index contributed by atoms with van der Waals surface area (Å²) < 4.78 is 29.4. The molecule has 1 aliphatic carbocycles. The lowest BCUT2D eigenvalue weighted by atomic mass is 10.0. The van der Waals surface area contributed by atoms with Crippen molar-refractivity contribution in [3.8, 4) is 0 Å². The minimum absolute atomic E-state index is 0.0359. The van der Waals surface area contributed by atoms with E-state index < -0.39 is 10.2 Å². The van der Waals surface area contributed by atoms with Crippen LogP contribution in [0.1, 0.15) is 46.0 Å². The number of rotatable bonds is 5. The van der Waals surface area contributed by atoms with Gasteiger partial charge >= 0.3 is 0 Å². The minimum atomic E-state index is -3.40. The molecule has 1 aliphatic heterocycles. The molecule has 1 saturated heterocycles. The molecule has 106 valence electrons. The van der Waals surface area contributed by atoms with E-state index in [2.05, 4.69) is 4.72 Å². The van der Waals surface area contributed by atoms with Crippen LogP contribution < -0.4 is 10.5 Å². The summed E-state index contributed by atoms with van der Waals surface area (Å²) in [5, 5.41) is 0. The maximum atomic E-state index is 12.5. The molecule has 0 aromatic rings. The summed E-state index contributed by atoms with van der Waals surface area (Å²) in [7, 11) is -3.40. The first-order valence-corrected chi connectivity index (χ1v) is 8.31. The number of nitrogens with one attached hydrogen (secondary N) is 1. The monoisotopic (exact) mass is 275 g/mol. The quantitative estimate of drug-likeness (QED) is 0.780. The summed E-state index contributed by atoms with van der Waals surface area (Å²) in [6.07, 6.45) is 5.12. The van der Waals surface area contributed by atoms with Crippen molar-refractivity contribution in [3.05, 3.63) is 0 Å². The van der Waals surface area contributed by atoms with Crippen molar-refractivity contribution in [2.75, 3.05) is 13.1 Å². The third kappa shape index (κ3) is 3.04. The Morgan fingerprint density at radius 1 is 1.28 bits per heavy atom. The van der Waals surface area contributed by atoms with Crippen molar-refractivity contribution < 1.29 is 8.42 Å². The Morgan fingerprint density at radius 3 is 2.50 bits per heavy atom. The Hall–Kier alpha value is -0.170. The van der Waals surface area contributed by atoms with Gasteiger partial charge in [0.2, 0.25) is 0 Å². The number of nitrogens with zero attached hydrogens (tertiary/aromatic N) is 1. The van der Waals surface area contributed by atoms with Crippen LogP contribution in [0.3, 0.4) is 0 Å².